The van der Waals surface area contributed by atoms with Crippen LogP contribution < -0.4 is 14.4 Å². The molecule has 1 aliphatic heterocycles. The molecule has 2 aromatic carbocycles. The van der Waals surface area contributed by atoms with Crippen LogP contribution in [0.1, 0.15) is 30.5 Å². The summed E-state index contributed by atoms with van der Waals surface area (Å²) in [5.41, 5.74) is 4.65. The summed E-state index contributed by atoms with van der Waals surface area (Å²) < 4.78 is 11.1. The van der Waals surface area contributed by atoms with Crippen molar-refractivity contribution in [2.45, 2.75) is 20.8 Å². The Morgan fingerprint density at radius 1 is 1.12 bits per heavy atom. The number of anilines is 1. The third-order valence-corrected chi connectivity index (χ3v) is 4.43. The number of nitrogens with zero attached hydrogens (tertiary/aromatic N) is 1. The van der Waals surface area contributed by atoms with Crippen molar-refractivity contribution in [1.82, 2.24) is 0 Å². The van der Waals surface area contributed by atoms with Crippen molar-refractivity contribution in [3.05, 3.63) is 53.1 Å². The Morgan fingerprint density at radius 3 is 2.56 bits per heavy atom. The van der Waals surface area contributed by atoms with Gasteiger partial charge in [-0.1, -0.05) is 18.2 Å². The molecular formula is C21H23NO3. The zero-order valence-electron chi connectivity index (χ0n) is 15.1. The van der Waals surface area contributed by atoms with Crippen molar-refractivity contribution < 1.29 is 14.3 Å². The number of benzene rings is 2. The number of carbonyl (C=O) groups is 1. The van der Waals surface area contributed by atoms with Crippen LogP contribution in [0.3, 0.4) is 0 Å². The molecule has 3 rings (SSSR count). The fourth-order valence-electron chi connectivity index (χ4n) is 3.18. The number of ether oxygens (including phenoxy) is 2. The van der Waals surface area contributed by atoms with Gasteiger partial charge in [0.2, 0.25) is 0 Å². The van der Waals surface area contributed by atoms with Gasteiger partial charge in [0.1, 0.15) is 0 Å². The minimum Gasteiger partial charge on any atom is -0.493 e. The molecule has 130 valence electrons. The van der Waals surface area contributed by atoms with E-state index in [-0.39, 0.29) is 5.91 Å². The maximum Gasteiger partial charge on any atom is 0.258 e. The molecule has 0 radical (unpaired) electrons. The van der Waals surface area contributed by atoms with E-state index in [0.717, 1.165) is 22.4 Å². The van der Waals surface area contributed by atoms with Crippen molar-refractivity contribution in [2.24, 2.45) is 0 Å². The molecule has 0 N–H and O–H groups in total. The van der Waals surface area contributed by atoms with Crippen molar-refractivity contribution in [1.29, 1.82) is 0 Å². The van der Waals surface area contributed by atoms with Crippen LogP contribution in [0, 0.1) is 6.92 Å². The highest BCUT2D eigenvalue weighted by molar-refractivity contribution is 6.35. The van der Waals surface area contributed by atoms with E-state index in [1.54, 1.807) is 7.11 Å². The Labute approximate surface area is 148 Å². The highest BCUT2D eigenvalue weighted by Gasteiger charge is 2.30. The van der Waals surface area contributed by atoms with Crippen LogP contribution in [0.5, 0.6) is 11.5 Å². The Kier molecular flexibility index (Phi) is 4.79. The average molecular weight is 337 g/mol. The molecular weight excluding hydrogens is 314 g/mol. The molecule has 1 heterocycles. The van der Waals surface area contributed by atoms with E-state index < -0.39 is 0 Å². The van der Waals surface area contributed by atoms with Gasteiger partial charge in [0.05, 0.1) is 19.4 Å². The van der Waals surface area contributed by atoms with Crippen LogP contribution in [-0.2, 0) is 4.79 Å². The molecule has 0 saturated heterocycles. The summed E-state index contributed by atoms with van der Waals surface area (Å²) in [7, 11) is 1.63. The highest BCUT2D eigenvalue weighted by atomic mass is 16.5. The fourth-order valence-corrected chi connectivity index (χ4v) is 3.18. The first kappa shape index (κ1) is 17.1. The Balaban J connectivity index is 2.12. The average Bonchev–Trinajstić information content (AvgIpc) is 2.89. The van der Waals surface area contributed by atoms with E-state index >= 15 is 0 Å². The lowest BCUT2D eigenvalue weighted by molar-refractivity contribution is -0.112. The number of para-hydroxylation sites is 1. The Morgan fingerprint density at radius 2 is 1.88 bits per heavy atom. The van der Waals surface area contributed by atoms with Gasteiger partial charge in [-0.25, -0.2) is 0 Å². The van der Waals surface area contributed by atoms with Gasteiger partial charge in [-0.05, 0) is 56.2 Å². The third-order valence-electron chi connectivity index (χ3n) is 4.43. The second kappa shape index (κ2) is 7.01. The summed E-state index contributed by atoms with van der Waals surface area (Å²) >= 11 is 0. The quantitative estimate of drug-likeness (QED) is 0.763. The number of carbonyl (C=O) groups excluding carboxylic acids is 1. The molecule has 0 aliphatic carbocycles. The smallest absolute Gasteiger partial charge is 0.258 e. The zero-order valence-corrected chi connectivity index (χ0v) is 15.1. The molecule has 0 fully saturated rings. The second-order valence-electron chi connectivity index (χ2n) is 5.92. The van der Waals surface area contributed by atoms with Crippen LogP contribution >= 0.6 is 0 Å². The van der Waals surface area contributed by atoms with E-state index in [9.17, 15) is 4.79 Å². The number of aryl methyl sites for hydroxylation is 1. The summed E-state index contributed by atoms with van der Waals surface area (Å²) in [6.45, 7) is 7.14. The first-order valence-corrected chi connectivity index (χ1v) is 8.55. The topological polar surface area (TPSA) is 38.8 Å². The van der Waals surface area contributed by atoms with Crippen LogP contribution in [-0.4, -0.2) is 26.2 Å². The van der Waals surface area contributed by atoms with Crippen LogP contribution in [0.2, 0.25) is 0 Å². The Bertz CT molecular complexity index is 839. The van der Waals surface area contributed by atoms with Crippen molar-refractivity contribution in [3.63, 3.8) is 0 Å². The van der Waals surface area contributed by atoms with Crippen LogP contribution in [0.25, 0.3) is 11.6 Å². The number of hydrogen-bond donors (Lipinski definition) is 0. The van der Waals surface area contributed by atoms with E-state index in [2.05, 4.69) is 0 Å². The summed E-state index contributed by atoms with van der Waals surface area (Å²) in [5, 5.41) is 0. The molecule has 0 bridgehead atoms. The molecule has 4 heteroatoms. The molecule has 25 heavy (non-hydrogen) atoms. The second-order valence-corrected chi connectivity index (χ2v) is 5.92. The Hall–Kier alpha value is -2.75. The monoisotopic (exact) mass is 337 g/mol. The zero-order chi connectivity index (χ0) is 18.0. The number of amides is 1. The molecule has 0 atom stereocenters. The summed E-state index contributed by atoms with van der Waals surface area (Å²) in [5.74, 6) is 1.43. The van der Waals surface area contributed by atoms with Crippen molar-refractivity contribution >= 4 is 23.2 Å². The number of rotatable bonds is 5. The first-order chi connectivity index (χ1) is 12.1. The molecule has 0 saturated carbocycles. The molecule has 0 aromatic heterocycles. The van der Waals surface area contributed by atoms with Gasteiger partial charge < -0.3 is 14.4 Å². The lowest BCUT2D eigenvalue weighted by Crippen LogP contribution is -2.25. The molecule has 0 spiro atoms. The maximum absolute atomic E-state index is 12.8. The lowest BCUT2D eigenvalue weighted by atomic mass is 10.0. The highest BCUT2D eigenvalue weighted by Crippen LogP contribution is 2.39. The number of fused-ring (bicyclic) bond motifs is 1. The van der Waals surface area contributed by atoms with Gasteiger partial charge in [0.25, 0.3) is 5.91 Å². The minimum absolute atomic E-state index is 0.0388. The SMILES string of the molecule is CCOc1cc(/C=C2\C(=O)N(CC)c3ccccc32)c(C)cc1OC. The number of likely N-dealkylation sites (N-methyl/N-ethyl adjacent to an activating group) is 1. The molecule has 2 aromatic rings. The first-order valence-electron chi connectivity index (χ1n) is 8.55. The van der Waals surface area contributed by atoms with Gasteiger partial charge in [-0.3, -0.25) is 4.79 Å². The molecule has 1 amide bonds. The van der Waals surface area contributed by atoms with Gasteiger partial charge in [0.15, 0.2) is 11.5 Å². The van der Waals surface area contributed by atoms with Crippen LogP contribution in [0.4, 0.5) is 5.69 Å². The molecule has 0 unspecified atom stereocenters. The number of hydrogen-bond acceptors (Lipinski definition) is 3. The van der Waals surface area contributed by atoms with Gasteiger partial charge in [-0.2, -0.15) is 0 Å². The summed E-state index contributed by atoms with van der Waals surface area (Å²) in [6, 6.07) is 11.8. The molecule has 1 aliphatic rings. The third kappa shape index (κ3) is 3.00. The lowest BCUT2D eigenvalue weighted by Gasteiger charge is -2.14. The summed E-state index contributed by atoms with van der Waals surface area (Å²) in [6.07, 6.45) is 1.95. The predicted molar refractivity (Wildman–Crippen MR) is 101 cm³/mol. The van der Waals surface area contributed by atoms with Crippen molar-refractivity contribution in [2.75, 3.05) is 25.2 Å². The standard InChI is InChI=1S/C21H23NO3/c1-5-22-18-10-8-7-9-16(18)17(21(22)23)12-15-13-20(25-6-2)19(24-4)11-14(15)3/h7-13H,5-6H2,1-4H3/b17-12-. The van der Waals surface area contributed by atoms with E-state index in [0.29, 0.717) is 30.2 Å². The van der Waals surface area contributed by atoms with E-state index in [1.165, 1.54) is 0 Å². The molecule has 4 nitrogen and oxygen atoms in total. The largest absolute Gasteiger partial charge is 0.493 e. The van der Waals surface area contributed by atoms with Gasteiger partial charge in [-0.15, -0.1) is 0 Å². The fraction of sp³-hybridized carbons (Fsp3) is 0.286. The van der Waals surface area contributed by atoms with E-state index in [1.807, 2.05) is 68.1 Å². The van der Waals surface area contributed by atoms with E-state index in [4.69, 9.17) is 9.47 Å². The normalized spacial score (nSPS) is 14.8. The summed E-state index contributed by atoms with van der Waals surface area (Å²) in [4.78, 5) is 14.7. The van der Waals surface area contributed by atoms with Gasteiger partial charge >= 0.3 is 0 Å². The predicted octanol–water partition coefficient (Wildman–Crippen LogP) is 4.31. The van der Waals surface area contributed by atoms with Crippen LogP contribution in [0.15, 0.2) is 36.4 Å². The maximum atomic E-state index is 12.8. The van der Waals surface area contributed by atoms with Crippen molar-refractivity contribution in [3.8, 4) is 11.5 Å². The number of methoxy groups -OCH3 is 1. The van der Waals surface area contributed by atoms with Gasteiger partial charge in [0, 0.05) is 17.7 Å². The minimum atomic E-state index is 0.0388.